The Morgan fingerprint density at radius 3 is 2.24 bits per heavy atom. The minimum Gasteiger partial charge on any atom is -0.459 e. The number of fused-ring (bicyclic) bond motifs is 9. The first kappa shape index (κ1) is 44.1. The minimum absolute atomic E-state index is 0.0403. The molecule has 10 aliphatic rings. The van der Waals surface area contributed by atoms with E-state index in [1.54, 1.807) is 0 Å². The summed E-state index contributed by atoms with van der Waals surface area (Å²) < 4.78 is 68.5. The van der Waals surface area contributed by atoms with Gasteiger partial charge in [-0.1, -0.05) is 57.2 Å². The molecule has 22 atom stereocenters. The molecule has 0 amide bonds. The first-order chi connectivity index (χ1) is 29.8. The van der Waals surface area contributed by atoms with Gasteiger partial charge in [0.25, 0.3) is 0 Å². The summed E-state index contributed by atoms with van der Waals surface area (Å²) in [6, 6.07) is 0. The lowest BCUT2D eigenvalue weighted by molar-refractivity contribution is -0.316. The van der Waals surface area contributed by atoms with E-state index >= 15 is 0 Å². The summed E-state index contributed by atoms with van der Waals surface area (Å²) in [5.74, 6) is 0.363. The second kappa shape index (κ2) is 17.8. The molecule has 346 valence electrons. The quantitative estimate of drug-likeness (QED) is 0.228. The molecule has 62 heavy (non-hydrogen) atoms. The van der Waals surface area contributed by atoms with E-state index in [2.05, 4.69) is 65.5 Å². The zero-order chi connectivity index (χ0) is 42.9. The number of aliphatic hydroxyl groups excluding tert-OH is 1. The maximum Gasteiger partial charge on any atom is 0.308 e. The summed E-state index contributed by atoms with van der Waals surface area (Å²) in [5, 5.41) is 11.3. The molecule has 8 fully saturated rings. The van der Waals surface area contributed by atoms with Gasteiger partial charge in [0.15, 0.2) is 0 Å². The number of rotatable bonds is 3. The number of carbonyl (C=O) groups is 1. The molecule has 0 bridgehead atoms. The fourth-order valence-electron chi connectivity index (χ4n) is 13.3. The van der Waals surface area contributed by atoms with Crippen LogP contribution in [0.4, 0.5) is 0 Å². The van der Waals surface area contributed by atoms with Crippen molar-refractivity contribution in [2.24, 2.45) is 11.8 Å². The molecule has 0 aromatic rings. The van der Waals surface area contributed by atoms with Crippen molar-refractivity contribution in [1.29, 1.82) is 0 Å². The third-order valence-electron chi connectivity index (χ3n) is 16.5. The second-order valence-electron chi connectivity index (χ2n) is 21.5. The van der Waals surface area contributed by atoms with Gasteiger partial charge in [-0.05, 0) is 96.3 Å². The van der Waals surface area contributed by atoms with Crippen LogP contribution in [0.1, 0.15) is 137 Å². The molecule has 10 aliphatic heterocycles. The van der Waals surface area contributed by atoms with Crippen LogP contribution in [0.15, 0.2) is 36.5 Å². The van der Waals surface area contributed by atoms with Gasteiger partial charge in [-0.15, -0.1) is 0 Å². The monoisotopic (exact) mass is 867 g/mol. The largest absolute Gasteiger partial charge is 0.459 e. The Kier molecular flexibility index (Phi) is 12.7. The minimum atomic E-state index is -0.584. The van der Waals surface area contributed by atoms with Crippen LogP contribution in [0.25, 0.3) is 0 Å². The smallest absolute Gasteiger partial charge is 0.308 e. The highest BCUT2D eigenvalue weighted by Gasteiger charge is 2.57. The van der Waals surface area contributed by atoms with Crippen molar-refractivity contribution in [2.45, 2.75) is 258 Å². The normalized spacial score (nSPS) is 53.9. The number of carbonyl (C=O) groups excluding carboxylic acids is 1. The van der Waals surface area contributed by atoms with E-state index in [-0.39, 0.29) is 116 Å². The highest BCUT2D eigenvalue weighted by atomic mass is 16.6. The highest BCUT2D eigenvalue weighted by Crippen LogP contribution is 2.48. The molecule has 8 saturated heterocycles. The predicted molar refractivity (Wildman–Crippen MR) is 228 cm³/mol. The van der Waals surface area contributed by atoms with Gasteiger partial charge in [-0.25, -0.2) is 0 Å². The molecule has 10 heterocycles. The Labute approximate surface area is 369 Å². The lowest BCUT2D eigenvalue weighted by atomic mass is 9.78. The number of esters is 1. The SMILES string of the molecule is C=C(CC)C[C@@H]1C[C@H](O)C2OC3C[C@]4(C)OC5/C=C\CC6OC7C(C/C=C\CC6OC5CCCC4OC3CC2O1)OC1CC2OC3CC(=O)OC3C[C@@H](C)C[C@@]2(C)OC1C[C@@H]7C. The molecule has 0 aromatic heterocycles. The molecule has 0 saturated carbocycles. The number of ether oxygens (including phenoxy) is 10. The third-order valence-corrected chi connectivity index (χ3v) is 16.5. The highest BCUT2D eigenvalue weighted by molar-refractivity contribution is 5.72. The molecule has 0 spiro atoms. The van der Waals surface area contributed by atoms with Gasteiger partial charge in [0.05, 0.1) is 103 Å². The van der Waals surface area contributed by atoms with E-state index in [0.29, 0.717) is 38.0 Å². The van der Waals surface area contributed by atoms with Crippen molar-refractivity contribution in [3.8, 4) is 0 Å². The Morgan fingerprint density at radius 2 is 1.40 bits per heavy atom. The van der Waals surface area contributed by atoms with Gasteiger partial charge in [-0.2, -0.15) is 0 Å². The Hall–Kier alpha value is -1.71. The van der Waals surface area contributed by atoms with Crippen LogP contribution in [0, 0.1) is 11.8 Å². The molecule has 10 rings (SSSR count). The number of hydrogen-bond donors (Lipinski definition) is 1. The van der Waals surface area contributed by atoms with E-state index in [4.69, 9.17) is 47.4 Å². The van der Waals surface area contributed by atoms with Crippen LogP contribution in [0.2, 0.25) is 0 Å². The van der Waals surface area contributed by atoms with Crippen molar-refractivity contribution in [3.05, 3.63) is 36.5 Å². The molecule has 0 radical (unpaired) electrons. The van der Waals surface area contributed by atoms with Crippen LogP contribution < -0.4 is 0 Å². The van der Waals surface area contributed by atoms with Crippen molar-refractivity contribution < 1.29 is 57.3 Å². The van der Waals surface area contributed by atoms with Gasteiger partial charge < -0.3 is 52.5 Å². The van der Waals surface area contributed by atoms with E-state index < -0.39 is 17.3 Å². The van der Waals surface area contributed by atoms with Gasteiger partial charge in [0.1, 0.15) is 24.4 Å². The fourth-order valence-corrected chi connectivity index (χ4v) is 13.3. The van der Waals surface area contributed by atoms with Crippen LogP contribution in [-0.2, 0) is 52.2 Å². The Balaban J connectivity index is 0.816. The van der Waals surface area contributed by atoms with E-state index in [9.17, 15) is 9.90 Å². The average Bonchev–Trinajstić information content (AvgIpc) is 3.52. The first-order valence-electron chi connectivity index (χ1n) is 24.6. The van der Waals surface area contributed by atoms with E-state index in [1.807, 2.05) is 0 Å². The second-order valence-corrected chi connectivity index (χ2v) is 21.5. The summed E-state index contributed by atoms with van der Waals surface area (Å²) in [6.45, 7) is 15.2. The van der Waals surface area contributed by atoms with Gasteiger partial charge >= 0.3 is 5.97 Å². The fraction of sp³-hybridized carbons (Fsp3) is 0.860. The molecule has 12 nitrogen and oxygen atoms in total. The average molecular weight is 867 g/mol. The number of hydrogen-bond acceptors (Lipinski definition) is 12. The zero-order valence-electron chi connectivity index (χ0n) is 37.8. The standard InChI is InChI=1S/C50H74O12/c1-7-27(2)18-30-21-31(51)48-42(53-30)22-38-43(60-48)26-50(6)44(56-38)17-11-15-34-35(61-50)16-10-14-33-32(54-34)12-8-9-13-36-47(59-33)29(4)20-41-39(55-36)23-45-49(5,62-41)25-28(3)19-37-40(57-45)24-46(52)58-37/h8-10,16,28-45,47-48,51H,2,7,11-15,17-26H2,1,3-6H3/b9-8-,16-10-/t28-,29+,30-,31+,32?,33?,34?,35?,36?,37?,38?,39?,40?,41?,42?,43?,44?,45?,47?,48?,49-,50+/m1/s1. The maximum absolute atomic E-state index is 12.3. The molecule has 0 aromatic carbocycles. The Morgan fingerprint density at radius 1 is 0.677 bits per heavy atom. The third kappa shape index (κ3) is 8.82. The van der Waals surface area contributed by atoms with E-state index in [0.717, 1.165) is 76.2 Å². The van der Waals surface area contributed by atoms with Crippen LogP contribution in [0.3, 0.4) is 0 Å². The van der Waals surface area contributed by atoms with Crippen LogP contribution >= 0.6 is 0 Å². The maximum atomic E-state index is 12.3. The van der Waals surface area contributed by atoms with Crippen molar-refractivity contribution >= 4 is 5.97 Å². The molecule has 1 N–H and O–H groups in total. The number of aliphatic hydroxyl groups is 1. The molecular formula is C50H74O12. The zero-order valence-corrected chi connectivity index (χ0v) is 37.8. The summed E-state index contributed by atoms with van der Waals surface area (Å²) >= 11 is 0. The van der Waals surface area contributed by atoms with E-state index in [1.165, 1.54) is 0 Å². The summed E-state index contributed by atoms with van der Waals surface area (Å²) in [7, 11) is 0. The molecule has 0 aliphatic carbocycles. The van der Waals surface area contributed by atoms with Crippen LogP contribution in [0.5, 0.6) is 0 Å². The Bertz CT molecular complexity index is 1690. The van der Waals surface area contributed by atoms with Crippen molar-refractivity contribution in [3.63, 3.8) is 0 Å². The van der Waals surface area contributed by atoms with Crippen molar-refractivity contribution in [2.75, 3.05) is 0 Å². The molecule has 16 unspecified atom stereocenters. The van der Waals surface area contributed by atoms with Gasteiger partial charge in [0.2, 0.25) is 0 Å². The summed E-state index contributed by atoms with van der Waals surface area (Å²) in [5.41, 5.74) is 0.0902. The van der Waals surface area contributed by atoms with Gasteiger partial charge in [-0.3, -0.25) is 4.79 Å². The molecular weight excluding hydrogens is 793 g/mol. The van der Waals surface area contributed by atoms with Crippen molar-refractivity contribution in [1.82, 2.24) is 0 Å². The topological polar surface area (TPSA) is 130 Å². The molecule has 12 heteroatoms. The lowest BCUT2D eigenvalue weighted by Crippen LogP contribution is -2.65. The van der Waals surface area contributed by atoms with Gasteiger partial charge in [0, 0.05) is 25.7 Å². The summed E-state index contributed by atoms with van der Waals surface area (Å²) in [4.78, 5) is 12.3. The predicted octanol–water partition coefficient (Wildman–Crippen LogP) is 7.16. The summed E-state index contributed by atoms with van der Waals surface area (Å²) in [6.07, 6.45) is 17.7. The lowest BCUT2D eigenvalue weighted by Gasteiger charge is -2.55. The van der Waals surface area contributed by atoms with Crippen LogP contribution in [-0.4, -0.2) is 132 Å². The first-order valence-corrected chi connectivity index (χ1v) is 24.6.